The Morgan fingerprint density at radius 3 is 1.40 bits per heavy atom. The second-order valence-corrected chi connectivity index (χ2v) is 11.2. The molecule has 0 spiro atoms. The summed E-state index contributed by atoms with van der Waals surface area (Å²) in [6.45, 7) is 11.0. The van der Waals surface area contributed by atoms with Gasteiger partial charge in [-0.2, -0.15) is 0 Å². The molecule has 1 saturated heterocycles. The second kappa shape index (κ2) is 13.5. The first-order chi connectivity index (χ1) is 9.58. The lowest BCUT2D eigenvalue weighted by Gasteiger charge is -2.22. The summed E-state index contributed by atoms with van der Waals surface area (Å²) in [6, 6.07) is 0. The van der Waals surface area contributed by atoms with Crippen LogP contribution in [-0.2, 0) is 9.47 Å². The zero-order valence-electron chi connectivity index (χ0n) is 14.0. The lowest BCUT2D eigenvalue weighted by molar-refractivity contribution is 0.0407. The van der Waals surface area contributed by atoms with E-state index in [0.717, 1.165) is 13.2 Å². The summed E-state index contributed by atoms with van der Waals surface area (Å²) in [5.41, 5.74) is 0. The largest absolute Gasteiger partial charge is 0.341 e. The normalized spacial score (nSPS) is 16.1. The molecule has 0 aliphatic carbocycles. The van der Waals surface area contributed by atoms with Crippen LogP contribution < -0.4 is 0 Å². The van der Waals surface area contributed by atoms with E-state index in [2.05, 4.69) is 43.4 Å². The van der Waals surface area contributed by atoms with E-state index in [4.69, 9.17) is 9.47 Å². The van der Waals surface area contributed by atoms with Crippen LogP contribution in [0.1, 0.15) is 59.3 Å². The van der Waals surface area contributed by atoms with Gasteiger partial charge in [-0.15, -0.1) is 0 Å². The van der Waals surface area contributed by atoms with Gasteiger partial charge in [0.05, 0.1) is 31.7 Å². The first-order valence-corrected chi connectivity index (χ1v) is 12.0. The first kappa shape index (κ1) is 20.8. The molecule has 0 bridgehead atoms. The van der Waals surface area contributed by atoms with Crippen molar-refractivity contribution < 1.29 is 9.47 Å². The Balaban J connectivity index is 0.000000493. The van der Waals surface area contributed by atoms with E-state index in [-0.39, 0.29) is 5.20 Å². The van der Waals surface area contributed by atoms with Crippen LogP contribution >= 0.6 is 23.2 Å². The molecule has 1 aliphatic rings. The molecule has 1 heterocycles. The maximum atomic E-state index is 4.85. The monoisotopic (exact) mass is 369 g/mol. The lowest BCUT2D eigenvalue weighted by atomic mass is 10.4. The third-order valence-corrected chi connectivity index (χ3v) is 8.45. The van der Waals surface area contributed by atoms with Gasteiger partial charge in [-0.3, -0.25) is 0 Å². The van der Waals surface area contributed by atoms with Gasteiger partial charge in [0.15, 0.2) is 0 Å². The van der Waals surface area contributed by atoms with Gasteiger partial charge in [-0.25, -0.2) is 0 Å². The SMILES string of the molecule is BrC1OCCO1.CCCC[P+](C)(CCCC)CCCC. The molecule has 0 amide bonds. The number of hydrogen-bond acceptors (Lipinski definition) is 2. The summed E-state index contributed by atoms with van der Waals surface area (Å²) >= 11 is 3.09. The summed E-state index contributed by atoms with van der Waals surface area (Å²) in [4.78, 5) is 0. The molecule has 0 aromatic heterocycles. The van der Waals surface area contributed by atoms with Crippen LogP contribution in [-0.4, -0.2) is 43.6 Å². The number of ether oxygens (including phenoxy) is 2. The highest BCUT2D eigenvalue weighted by Crippen LogP contribution is 2.57. The van der Waals surface area contributed by atoms with Crippen molar-refractivity contribution in [3.8, 4) is 0 Å². The lowest BCUT2D eigenvalue weighted by Crippen LogP contribution is -2.07. The smallest absolute Gasteiger partial charge is 0.215 e. The van der Waals surface area contributed by atoms with Gasteiger partial charge >= 0.3 is 0 Å². The highest BCUT2D eigenvalue weighted by molar-refractivity contribution is 9.09. The molecule has 0 unspecified atom stereocenters. The zero-order valence-corrected chi connectivity index (χ0v) is 16.5. The third-order valence-electron chi connectivity index (χ3n) is 3.74. The predicted octanol–water partition coefficient (Wildman–Crippen LogP) is 5.75. The minimum Gasteiger partial charge on any atom is -0.341 e. The average Bonchev–Trinajstić information content (AvgIpc) is 2.93. The predicted molar refractivity (Wildman–Crippen MR) is 96.8 cm³/mol. The molecule has 122 valence electrons. The van der Waals surface area contributed by atoms with Gasteiger partial charge in [0.1, 0.15) is 0 Å². The van der Waals surface area contributed by atoms with Gasteiger partial charge in [0, 0.05) is 13.9 Å². The van der Waals surface area contributed by atoms with Crippen LogP contribution in [0, 0.1) is 0 Å². The van der Waals surface area contributed by atoms with E-state index in [1.165, 1.54) is 38.5 Å². The summed E-state index contributed by atoms with van der Waals surface area (Å²) in [7, 11) is -0.519. The minimum absolute atomic E-state index is 0.141. The fourth-order valence-electron chi connectivity index (χ4n) is 2.28. The molecule has 0 aromatic rings. The van der Waals surface area contributed by atoms with Gasteiger partial charge in [-0.1, -0.05) is 40.0 Å². The van der Waals surface area contributed by atoms with Crippen LogP contribution in [0.3, 0.4) is 0 Å². The van der Waals surface area contributed by atoms with Crippen molar-refractivity contribution in [2.45, 2.75) is 64.5 Å². The zero-order chi connectivity index (χ0) is 15.3. The Bertz CT molecular complexity index is 187. The van der Waals surface area contributed by atoms with Gasteiger partial charge in [0.2, 0.25) is 5.20 Å². The second-order valence-electron chi connectivity index (χ2n) is 5.87. The van der Waals surface area contributed by atoms with Crippen molar-refractivity contribution in [3.63, 3.8) is 0 Å². The van der Waals surface area contributed by atoms with E-state index >= 15 is 0 Å². The van der Waals surface area contributed by atoms with E-state index in [1.54, 1.807) is 18.5 Å². The number of unbranched alkanes of at least 4 members (excludes halogenated alkanes) is 3. The maximum absolute atomic E-state index is 4.85. The minimum atomic E-state index is -0.519. The Morgan fingerprint density at radius 2 is 1.20 bits per heavy atom. The highest BCUT2D eigenvalue weighted by atomic mass is 79.9. The quantitative estimate of drug-likeness (QED) is 0.380. The molecule has 1 rings (SSSR count). The van der Waals surface area contributed by atoms with Crippen molar-refractivity contribution in [1.82, 2.24) is 0 Å². The Hall–Kier alpha value is 0.830. The molecular weight excluding hydrogens is 335 g/mol. The number of hydrogen-bond donors (Lipinski definition) is 0. The number of alkyl halides is 1. The van der Waals surface area contributed by atoms with Crippen LogP contribution in [0.5, 0.6) is 0 Å². The van der Waals surface area contributed by atoms with E-state index in [9.17, 15) is 0 Å². The summed E-state index contributed by atoms with van der Waals surface area (Å²) in [6.07, 6.45) is 13.2. The van der Waals surface area contributed by atoms with Crippen LogP contribution in [0.4, 0.5) is 0 Å². The molecule has 4 heteroatoms. The van der Waals surface area contributed by atoms with Gasteiger partial charge in [0.25, 0.3) is 0 Å². The molecule has 20 heavy (non-hydrogen) atoms. The molecule has 1 fully saturated rings. The molecule has 0 saturated carbocycles. The van der Waals surface area contributed by atoms with E-state index in [1.807, 2.05) is 0 Å². The fourth-order valence-corrected chi connectivity index (χ4v) is 6.57. The highest BCUT2D eigenvalue weighted by Gasteiger charge is 2.28. The fraction of sp³-hybridized carbons (Fsp3) is 1.00. The molecule has 0 aromatic carbocycles. The molecular formula is C16H35BrO2P+. The Kier molecular flexibility index (Phi) is 14.0. The molecule has 0 atom stereocenters. The topological polar surface area (TPSA) is 18.5 Å². The Morgan fingerprint density at radius 1 is 0.850 bits per heavy atom. The molecule has 2 nitrogen and oxygen atoms in total. The van der Waals surface area contributed by atoms with Crippen molar-refractivity contribution in [2.24, 2.45) is 0 Å². The Labute approximate surface area is 135 Å². The summed E-state index contributed by atoms with van der Waals surface area (Å²) < 4.78 is 9.69. The van der Waals surface area contributed by atoms with Crippen molar-refractivity contribution in [2.75, 3.05) is 38.4 Å². The molecule has 0 radical (unpaired) electrons. The first-order valence-electron chi connectivity index (χ1n) is 8.28. The number of rotatable bonds is 9. The van der Waals surface area contributed by atoms with Gasteiger partial charge < -0.3 is 9.47 Å². The van der Waals surface area contributed by atoms with Crippen LogP contribution in [0.2, 0.25) is 0 Å². The number of halogens is 1. The van der Waals surface area contributed by atoms with E-state index < -0.39 is 7.26 Å². The van der Waals surface area contributed by atoms with E-state index in [0.29, 0.717) is 0 Å². The van der Waals surface area contributed by atoms with Crippen molar-refractivity contribution in [3.05, 3.63) is 0 Å². The third kappa shape index (κ3) is 11.5. The maximum Gasteiger partial charge on any atom is 0.215 e. The van der Waals surface area contributed by atoms with Crippen molar-refractivity contribution in [1.29, 1.82) is 0 Å². The van der Waals surface area contributed by atoms with Gasteiger partial charge in [-0.05, 0) is 35.2 Å². The molecule has 1 aliphatic heterocycles. The summed E-state index contributed by atoms with van der Waals surface area (Å²) in [5, 5.41) is -0.141. The van der Waals surface area contributed by atoms with Crippen LogP contribution in [0.25, 0.3) is 0 Å². The standard InChI is InChI=1S/C13H30P.C3H5BrO2/c1-5-8-11-14(4,12-9-6-2)13-10-7-3;4-3-5-1-2-6-3/h5-13H2,1-4H3;3H,1-2H2/q+1;. The van der Waals surface area contributed by atoms with Crippen molar-refractivity contribution >= 4 is 23.2 Å². The average molecular weight is 370 g/mol. The molecule has 0 N–H and O–H groups in total. The van der Waals surface area contributed by atoms with Crippen LogP contribution in [0.15, 0.2) is 0 Å². The summed E-state index contributed by atoms with van der Waals surface area (Å²) in [5.74, 6) is 0.